The van der Waals surface area contributed by atoms with Gasteiger partial charge in [0.05, 0.1) is 30.0 Å². The van der Waals surface area contributed by atoms with E-state index in [-0.39, 0.29) is 5.91 Å². The number of benzene rings is 2. The highest BCUT2D eigenvalue weighted by Crippen LogP contribution is 2.28. The molecule has 0 bridgehead atoms. The average Bonchev–Trinajstić information content (AvgIpc) is 2.53. The summed E-state index contributed by atoms with van der Waals surface area (Å²) in [5, 5.41) is 8.79. The third-order valence-corrected chi connectivity index (χ3v) is 3.17. The molecule has 0 heterocycles. The molecule has 2 N–H and O–H groups in total. The highest BCUT2D eigenvalue weighted by molar-refractivity contribution is 6.08. The van der Waals surface area contributed by atoms with Gasteiger partial charge in [0.1, 0.15) is 0 Å². The molecule has 0 unspecified atom stereocenters. The zero-order valence-electron chi connectivity index (χ0n) is 11.8. The van der Waals surface area contributed by atoms with E-state index >= 15 is 0 Å². The van der Waals surface area contributed by atoms with Gasteiger partial charge in [-0.1, -0.05) is 6.07 Å². The lowest BCUT2D eigenvalue weighted by Gasteiger charge is -2.19. The number of para-hydroxylation sites is 1. The number of hydrogen-bond acceptors (Lipinski definition) is 4. The Morgan fingerprint density at radius 1 is 1.24 bits per heavy atom. The summed E-state index contributed by atoms with van der Waals surface area (Å²) < 4.78 is 5.20. The van der Waals surface area contributed by atoms with Crippen molar-refractivity contribution in [3.8, 4) is 11.8 Å². The lowest BCUT2D eigenvalue weighted by molar-refractivity contribution is 0.0990. The number of hydrogen-bond donors (Lipinski definition) is 1. The quantitative estimate of drug-likeness (QED) is 0.876. The lowest BCUT2D eigenvalue weighted by atomic mass is 10.1. The van der Waals surface area contributed by atoms with E-state index in [0.717, 1.165) is 0 Å². The maximum Gasteiger partial charge on any atom is 0.261 e. The Balaban J connectivity index is 2.35. The molecule has 0 fully saturated rings. The van der Waals surface area contributed by atoms with Gasteiger partial charge in [-0.15, -0.1) is 0 Å². The molecule has 1 amide bonds. The van der Waals surface area contributed by atoms with Crippen molar-refractivity contribution in [1.29, 1.82) is 5.26 Å². The van der Waals surface area contributed by atoms with Crippen molar-refractivity contribution in [2.45, 2.75) is 0 Å². The topological polar surface area (TPSA) is 79.3 Å². The minimum atomic E-state index is -0.233. The summed E-state index contributed by atoms with van der Waals surface area (Å²) in [6.07, 6.45) is 0. The number of carbonyl (C=O) groups excluding carboxylic acids is 1. The van der Waals surface area contributed by atoms with E-state index in [0.29, 0.717) is 28.3 Å². The first-order chi connectivity index (χ1) is 10.1. The van der Waals surface area contributed by atoms with Crippen LogP contribution in [0.15, 0.2) is 42.5 Å². The summed E-state index contributed by atoms with van der Waals surface area (Å²) >= 11 is 0. The number of nitriles is 1. The molecule has 106 valence electrons. The third kappa shape index (κ3) is 2.79. The fourth-order valence-electron chi connectivity index (χ4n) is 2.01. The van der Waals surface area contributed by atoms with E-state index in [2.05, 4.69) is 0 Å². The second-order valence-electron chi connectivity index (χ2n) is 4.45. The van der Waals surface area contributed by atoms with Gasteiger partial charge in [-0.25, -0.2) is 0 Å². The van der Waals surface area contributed by atoms with Crippen molar-refractivity contribution in [2.24, 2.45) is 0 Å². The van der Waals surface area contributed by atoms with Crippen LogP contribution in [0.25, 0.3) is 0 Å². The molecular weight excluding hydrogens is 266 g/mol. The lowest BCUT2D eigenvalue weighted by Crippen LogP contribution is -2.26. The van der Waals surface area contributed by atoms with Crippen LogP contribution in [0.3, 0.4) is 0 Å². The van der Waals surface area contributed by atoms with Crippen LogP contribution in [0.4, 0.5) is 11.4 Å². The number of nitrogens with two attached hydrogens (primary N) is 1. The van der Waals surface area contributed by atoms with Crippen LogP contribution in [0.1, 0.15) is 15.9 Å². The Labute approximate surface area is 123 Å². The Hall–Kier alpha value is -3.00. The predicted molar refractivity (Wildman–Crippen MR) is 81.3 cm³/mol. The van der Waals surface area contributed by atoms with E-state index in [4.69, 9.17) is 15.7 Å². The largest absolute Gasteiger partial charge is 0.494 e. The molecule has 0 atom stereocenters. The van der Waals surface area contributed by atoms with Gasteiger partial charge in [-0.05, 0) is 36.4 Å². The van der Waals surface area contributed by atoms with Crippen LogP contribution in [0, 0.1) is 11.3 Å². The molecule has 21 heavy (non-hydrogen) atoms. The van der Waals surface area contributed by atoms with E-state index < -0.39 is 0 Å². The molecule has 0 spiro atoms. The Morgan fingerprint density at radius 2 is 1.90 bits per heavy atom. The summed E-state index contributed by atoms with van der Waals surface area (Å²) in [5.74, 6) is 0.131. The van der Waals surface area contributed by atoms with Gasteiger partial charge >= 0.3 is 0 Å². The van der Waals surface area contributed by atoms with E-state index in [1.165, 1.54) is 12.0 Å². The number of rotatable bonds is 3. The third-order valence-electron chi connectivity index (χ3n) is 3.17. The van der Waals surface area contributed by atoms with Gasteiger partial charge in [0, 0.05) is 12.7 Å². The van der Waals surface area contributed by atoms with Crippen LogP contribution in [0.2, 0.25) is 0 Å². The fourth-order valence-corrected chi connectivity index (χ4v) is 2.01. The van der Waals surface area contributed by atoms with E-state index in [1.54, 1.807) is 49.5 Å². The summed E-state index contributed by atoms with van der Waals surface area (Å²) in [4.78, 5) is 14.0. The molecule has 5 heteroatoms. The molecule has 2 aromatic carbocycles. The zero-order chi connectivity index (χ0) is 15.4. The van der Waals surface area contributed by atoms with Crippen LogP contribution in [-0.2, 0) is 0 Å². The van der Waals surface area contributed by atoms with Crippen LogP contribution in [0.5, 0.6) is 5.75 Å². The first-order valence-corrected chi connectivity index (χ1v) is 6.29. The maximum atomic E-state index is 12.6. The minimum Gasteiger partial charge on any atom is -0.494 e. The van der Waals surface area contributed by atoms with Crippen molar-refractivity contribution in [2.75, 3.05) is 24.8 Å². The van der Waals surface area contributed by atoms with Crippen molar-refractivity contribution in [1.82, 2.24) is 0 Å². The average molecular weight is 281 g/mol. The monoisotopic (exact) mass is 281 g/mol. The van der Waals surface area contributed by atoms with Gasteiger partial charge in [-0.3, -0.25) is 4.79 Å². The molecule has 0 aromatic heterocycles. The maximum absolute atomic E-state index is 12.6. The standard InChI is InChI=1S/C16H15N3O2/c1-19(12-8-6-11(10-17)7-9-12)16(20)13-4-3-5-14(18)15(13)21-2/h3-9H,18H2,1-2H3. The summed E-state index contributed by atoms with van der Waals surface area (Å²) in [6, 6.07) is 13.8. The predicted octanol–water partition coefficient (Wildman–Crippen LogP) is 2.43. The summed E-state index contributed by atoms with van der Waals surface area (Å²) in [7, 11) is 3.14. The number of methoxy groups -OCH3 is 1. The van der Waals surface area contributed by atoms with Gasteiger partial charge in [0.15, 0.2) is 5.75 Å². The first kappa shape index (κ1) is 14.4. The number of carbonyl (C=O) groups is 1. The van der Waals surface area contributed by atoms with Gasteiger partial charge in [0.2, 0.25) is 0 Å². The molecule has 2 aromatic rings. The molecule has 2 rings (SSSR count). The van der Waals surface area contributed by atoms with Gasteiger partial charge in [-0.2, -0.15) is 5.26 Å². The van der Waals surface area contributed by atoms with E-state index in [9.17, 15) is 4.79 Å². The highest BCUT2D eigenvalue weighted by atomic mass is 16.5. The van der Waals surface area contributed by atoms with Crippen molar-refractivity contribution < 1.29 is 9.53 Å². The number of nitrogens with zero attached hydrogens (tertiary/aromatic N) is 2. The van der Waals surface area contributed by atoms with Crippen molar-refractivity contribution in [3.63, 3.8) is 0 Å². The summed E-state index contributed by atoms with van der Waals surface area (Å²) in [6.45, 7) is 0. The number of ether oxygens (including phenoxy) is 1. The molecular formula is C16H15N3O2. The fraction of sp³-hybridized carbons (Fsp3) is 0.125. The normalized spacial score (nSPS) is 9.76. The van der Waals surface area contributed by atoms with Crippen LogP contribution in [-0.4, -0.2) is 20.1 Å². The molecule has 0 aliphatic rings. The Bertz CT molecular complexity index is 702. The smallest absolute Gasteiger partial charge is 0.261 e. The molecule has 0 saturated carbocycles. The molecule has 0 radical (unpaired) electrons. The molecule has 5 nitrogen and oxygen atoms in total. The SMILES string of the molecule is COc1c(N)cccc1C(=O)N(C)c1ccc(C#N)cc1. The Kier molecular flexibility index (Phi) is 4.10. The van der Waals surface area contributed by atoms with Gasteiger partial charge in [0.25, 0.3) is 5.91 Å². The van der Waals surface area contributed by atoms with Crippen LogP contribution < -0.4 is 15.4 Å². The second-order valence-corrected chi connectivity index (χ2v) is 4.45. The highest BCUT2D eigenvalue weighted by Gasteiger charge is 2.19. The second kappa shape index (κ2) is 5.97. The number of amides is 1. The number of nitrogen functional groups attached to an aromatic ring is 1. The summed E-state index contributed by atoms with van der Waals surface area (Å²) in [5.41, 5.74) is 7.85. The Morgan fingerprint density at radius 3 is 2.48 bits per heavy atom. The molecule has 0 aliphatic heterocycles. The number of anilines is 2. The van der Waals surface area contributed by atoms with Crippen LogP contribution >= 0.6 is 0 Å². The van der Waals surface area contributed by atoms with Crippen molar-refractivity contribution >= 4 is 17.3 Å². The van der Waals surface area contributed by atoms with Gasteiger partial charge < -0.3 is 15.4 Å². The van der Waals surface area contributed by atoms with E-state index in [1.807, 2.05) is 6.07 Å². The molecule has 0 saturated heterocycles. The minimum absolute atomic E-state index is 0.233. The first-order valence-electron chi connectivity index (χ1n) is 6.29. The zero-order valence-corrected chi connectivity index (χ0v) is 11.8. The molecule has 0 aliphatic carbocycles. The van der Waals surface area contributed by atoms with Crippen molar-refractivity contribution in [3.05, 3.63) is 53.6 Å².